The fourth-order valence-electron chi connectivity index (χ4n) is 12.0. The Kier molecular flexibility index (Phi) is 9.42. The minimum absolute atomic E-state index is 0.0615. The lowest BCUT2D eigenvalue weighted by molar-refractivity contribution is 0.483. The lowest BCUT2D eigenvalue weighted by Crippen LogP contribution is -2.28. The first-order chi connectivity index (χ1) is 39.4. The number of ether oxygens (including phenoxy) is 1. The van der Waals surface area contributed by atoms with Crippen molar-refractivity contribution in [1.29, 1.82) is 0 Å². The van der Waals surface area contributed by atoms with E-state index in [2.05, 4.69) is 217 Å². The van der Waals surface area contributed by atoms with Gasteiger partial charge in [-0.25, -0.2) is 4.98 Å². The third-order valence-corrected chi connectivity index (χ3v) is 15.4. The Bertz CT molecular complexity index is 4430. The van der Waals surface area contributed by atoms with E-state index in [0.717, 1.165) is 66.9 Å². The highest BCUT2D eigenvalue weighted by Crippen LogP contribution is 2.57. The molecule has 12 aromatic rings. The predicted molar refractivity (Wildman–Crippen MR) is 314 cm³/mol. The standard InChI is InChI=1S/C71H54N4O/c1-70(2,3)51-41-42-72-68(44-51)75-64-36-15-12-31-60(64)61-40-39-55(46-67(61)75)76-54-28-19-27-53(45-54)73-47-74(66-38-17-16-37-65(66)73)69-56(48-21-6-4-7-22-48)32-20-33-57(69)49-23-18-26-52(43-49)71(50-24-8-5-9-25-50)62-34-13-10-29-58(62)59-30-11-14-35-63(59)71/h4-46H,47H2,1-3H3/i4D,6D,7D,21D,22D. The van der Waals surface area contributed by atoms with Crippen molar-refractivity contribution in [1.82, 2.24) is 9.55 Å². The van der Waals surface area contributed by atoms with Crippen molar-refractivity contribution >= 4 is 44.6 Å². The molecule has 5 heteroatoms. The van der Waals surface area contributed by atoms with Gasteiger partial charge in [0.1, 0.15) is 24.0 Å². The Hall–Kier alpha value is -9.45. The van der Waals surface area contributed by atoms with Crippen LogP contribution in [-0.2, 0) is 10.8 Å². The van der Waals surface area contributed by atoms with Crippen molar-refractivity contribution in [3.63, 3.8) is 0 Å². The molecule has 0 amide bonds. The van der Waals surface area contributed by atoms with Crippen LogP contribution in [0.25, 0.3) is 61.0 Å². The van der Waals surface area contributed by atoms with E-state index in [0.29, 0.717) is 29.4 Å². The average molecular weight is 984 g/mol. The second-order valence-corrected chi connectivity index (χ2v) is 20.8. The van der Waals surface area contributed by atoms with E-state index < -0.39 is 11.5 Å². The quantitative estimate of drug-likeness (QED) is 0.144. The summed E-state index contributed by atoms with van der Waals surface area (Å²) < 4.78 is 54.2. The van der Waals surface area contributed by atoms with E-state index >= 15 is 0 Å². The van der Waals surface area contributed by atoms with Gasteiger partial charge in [-0.3, -0.25) is 4.57 Å². The number of para-hydroxylation sites is 4. The summed E-state index contributed by atoms with van der Waals surface area (Å²) >= 11 is 0. The number of pyridine rings is 1. The summed E-state index contributed by atoms with van der Waals surface area (Å²) in [6.07, 6.45) is 1.89. The first-order valence-electron chi connectivity index (χ1n) is 28.4. The SMILES string of the molecule is [2H]c1c([2H])c([2H])c(-c2cccc(-c3cccc(C4(c5ccccc5)c5ccccc5-c5ccccc54)c3)c2N2CN(c3cccc(Oc4ccc5c6ccccc6n(-c6cc(C(C)(C)C)ccn6)c5c4)c3)c3ccccc32)c([2H])c1[2H]. The summed E-state index contributed by atoms with van der Waals surface area (Å²) in [6.45, 7) is 6.97. The van der Waals surface area contributed by atoms with Crippen molar-refractivity contribution in [3.8, 4) is 50.7 Å². The lowest BCUT2D eigenvalue weighted by atomic mass is 9.67. The van der Waals surface area contributed by atoms with Crippen LogP contribution in [0.5, 0.6) is 11.5 Å². The molecule has 0 saturated carbocycles. The molecule has 0 saturated heterocycles. The van der Waals surface area contributed by atoms with Gasteiger partial charge in [0, 0.05) is 45.9 Å². The Balaban J connectivity index is 0.903. The van der Waals surface area contributed by atoms with E-state index in [1.807, 2.05) is 48.7 Å². The second-order valence-electron chi connectivity index (χ2n) is 20.8. The molecule has 14 rings (SSSR count). The van der Waals surface area contributed by atoms with Gasteiger partial charge in [-0.2, -0.15) is 0 Å². The maximum atomic E-state index is 9.40. The van der Waals surface area contributed by atoms with Gasteiger partial charge >= 0.3 is 0 Å². The van der Waals surface area contributed by atoms with E-state index in [1.165, 1.54) is 27.8 Å². The van der Waals surface area contributed by atoms with Crippen molar-refractivity contribution in [3.05, 3.63) is 289 Å². The molecule has 0 bridgehead atoms. The molecule has 10 aromatic carbocycles. The molecule has 364 valence electrons. The first kappa shape index (κ1) is 40.0. The van der Waals surface area contributed by atoms with Gasteiger partial charge in [-0.1, -0.05) is 203 Å². The summed E-state index contributed by atoms with van der Waals surface area (Å²) in [6, 6.07) is 76.3. The summed E-state index contributed by atoms with van der Waals surface area (Å²) in [5, 5.41) is 2.23. The summed E-state index contributed by atoms with van der Waals surface area (Å²) in [5.41, 5.74) is 15.3. The van der Waals surface area contributed by atoms with Crippen LogP contribution in [0.3, 0.4) is 0 Å². The molecule has 1 aliphatic heterocycles. The topological polar surface area (TPSA) is 33.5 Å². The third kappa shape index (κ3) is 7.26. The zero-order chi connectivity index (χ0) is 55.3. The summed E-state index contributed by atoms with van der Waals surface area (Å²) in [4.78, 5) is 9.36. The minimum atomic E-state index is -0.668. The number of aromatic nitrogens is 2. The molecule has 0 N–H and O–H groups in total. The molecular weight excluding hydrogens is 925 g/mol. The highest BCUT2D eigenvalue weighted by Gasteiger charge is 2.46. The minimum Gasteiger partial charge on any atom is -0.457 e. The molecule has 0 unspecified atom stereocenters. The molecule has 1 aliphatic carbocycles. The molecular formula is C71H54N4O. The Morgan fingerprint density at radius 1 is 0.487 bits per heavy atom. The van der Waals surface area contributed by atoms with Crippen LogP contribution in [0, 0.1) is 0 Å². The van der Waals surface area contributed by atoms with Crippen LogP contribution in [0.2, 0.25) is 0 Å². The van der Waals surface area contributed by atoms with E-state index in [4.69, 9.17) is 13.8 Å². The van der Waals surface area contributed by atoms with Crippen molar-refractivity contribution in [2.24, 2.45) is 0 Å². The molecule has 5 nitrogen and oxygen atoms in total. The molecule has 76 heavy (non-hydrogen) atoms. The second kappa shape index (κ2) is 17.9. The van der Waals surface area contributed by atoms with Gasteiger partial charge < -0.3 is 14.5 Å². The molecule has 2 aliphatic rings. The fraction of sp³-hybridized carbons (Fsp3) is 0.0845. The van der Waals surface area contributed by atoms with Crippen molar-refractivity contribution in [2.45, 2.75) is 31.6 Å². The number of rotatable bonds is 9. The van der Waals surface area contributed by atoms with Crippen LogP contribution in [0.1, 0.15) is 55.4 Å². The number of nitrogens with zero attached hydrogens (tertiary/aromatic N) is 4. The lowest BCUT2D eigenvalue weighted by Gasteiger charge is -2.34. The van der Waals surface area contributed by atoms with Gasteiger partial charge in [-0.15, -0.1) is 0 Å². The Labute approximate surface area is 451 Å². The van der Waals surface area contributed by atoms with E-state index in [9.17, 15) is 2.74 Å². The fourth-order valence-corrected chi connectivity index (χ4v) is 12.0. The van der Waals surface area contributed by atoms with Gasteiger partial charge in [-0.05, 0) is 116 Å². The molecule has 0 fully saturated rings. The number of hydrogen-bond donors (Lipinski definition) is 0. The van der Waals surface area contributed by atoms with Gasteiger partial charge in [0.15, 0.2) is 0 Å². The van der Waals surface area contributed by atoms with Crippen LogP contribution in [0.15, 0.2) is 261 Å². The first-order valence-corrected chi connectivity index (χ1v) is 25.9. The highest BCUT2D eigenvalue weighted by atomic mass is 16.5. The van der Waals surface area contributed by atoms with E-state index in [-0.39, 0.29) is 35.1 Å². The van der Waals surface area contributed by atoms with E-state index in [1.54, 1.807) is 0 Å². The third-order valence-electron chi connectivity index (χ3n) is 15.4. The molecule has 0 radical (unpaired) electrons. The largest absolute Gasteiger partial charge is 0.457 e. The van der Waals surface area contributed by atoms with Gasteiger partial charge in [0.25, 0.3) is 0 Å². The molecule has 2 aromatic heterocycles. The van der Waals surface area contributed by atoms with Crippen LogP contribution in [0.4, 0.5) is 22.7 Å². The van der Waals surface area contributed by atoms with Crippen molar-refractivity contribution in [2.75, 3.05) is 16.5 Å². The average Bonchev–Trinajstić information content (AvgIpc) is 4.35. The zero-order valence-corrected chi connectivity index (χ0v) is 42.3. The molecule has 0 atom stereocenters. The maximum absolute atomic E-state index is 9.40. The van der Waals surface area contributed by atoms with Crippen LogP contribution in [-0.4, -0.2) is 16.2 Å². The maximum Gasteiger partial charge on any atom is 0.137 e. The monoisotopic (exact) mass is 983 g/mol. The number of benzene rings is 10. The normalized spacial score (nSPS) is 14.4. The number of hydrogen-bond acceptors (Lipinski definition) is 4. The predicted octanol–water partition coefficient (Wildman–Crippen LogP) is 18.2. The van der Waals surface area contributed by atoms with Gasteiger partial charge in [0.2, 0.25) is 0 Å². The Morgan fingerprint density at radius 3 is 1.88 bits per heavy atom. The van der Waals surface area contributed by atoms with Crippen LogP contribution >= 0.6 is 0 Å². The molecule has 3 heterocycles. The Morgan fingerprint density at radius 2 is 1.11 bits per heavy atom. The summed E-state index contributed by atoms with van der Waals surface area (Å²) in [5.74, 6) is 2.17. The molecule has 0 spiro atoms. The summed E-state index contributed by atoms with van der Waals surface area (Å²) in [7, 11) is 0. The van der Waals surface area contributed by atoms with Crippen LogP contribution < -0.4 is 14.5 Å². The zero-order valence-electron chi connectivity index (χ0n) is 47.3. The smallest absolute Gasteiger partial charge is 0.137 e. The number of fused-ring (bicyclic) bond motifs is 7. The van der Waals surface area contributed by atoms with Crippen molar-refractivity contribution < 1.29 is 11.6 Å². The van der Waals surface area contributed by atoms with Gasteiger partial charge in [0.05, 0.1) is 40.4 Å². The highest BCUT2D eigenvalue weighted by molar-refractivity contribution is 6.09. The number of anilines is 4.